The summed E-state index contributed by atoms with van der Waals surface area (Å²) in [4.78, 5) is 20.0. The fourth-order valence-corrected chi connectivity index (χ4v) is 6.25. The molecule has 4 rings (SSSR count). The summed E-state index contributed by atoms with van der Waals surface area (Å²) in [6.07, 6.45) is 0. The molecule has 1 amide bonds. The molecular formula is C23H27N3O5S2. The first-order chi connectivity index (χ1) is 15.9. The number of carbonyl (C=O) groups is 1. The number of hydrogen-bond acceptors (Lipinski definition) is 7. The summed E-state index contributed by atoms with van der Waals surface area (Å²) in [6.45, 7) is 5.71. The third kappa shape index (κ3) is 5.08. The molecule has 2 saturated heterocycles. The second kappa shape index (κ2) is 10.3. The van der Waals surface area contributed by atoms with E-state index in [4.69, 9.17) is 14.5 Å². The lowest BCUT2D eigenvalue weighted by molar-refractivity contribution is 0.0730. The topological polar surface area (TPSA) is 88.5 Å². The number of hydrogen-bond donors (Lipinski definition) is 0. The predicted octanol–water partition coefficient (Wildman–Crippen LogP) is 3.37. The van der Waals surface area contributed by atoms with E-state index in [9.17, 15) is 13.2 Å². The minimum atomic E-state index is -3.70. The molecule has 0 N–H and O–H groups in total. The van der Waals surface area contributed by atoms with Gasteiger partial charge in [-0.25, -0.2) is 13.4 Å². The van der Waals surface area contributed by atoms with Crippen molar-refractivity contribution in [3.63, 3.8) is 0 Å². The van der Waals surface area contributed by atoms with Crippen molar-refractivity contribution in [2.24, 2.45) is 4.99 Å². The third-order valence-electron chi connectivity index (χ3n) is 5.39. The standard InChI is InChI=1S/C23H27N3O5S2/c1-3-31-21-10-5-4-9-20(21)24-23-26(17(2)16-32-23)22(27)18-7-6-8-19(15-18)33(28,29)25-11-13-30-14-12-25/h4-10,15,17H,3,11-14,16H2,1-2H3/t17-/m1/s1. The molecule has 0 aliphatic carbocycles. The molecule has 0 bridgehead atoms. The Bertz CT molecular complexity index is 1150. The molecule has 0 aromatic heterocycles. The van der Waals surface area contributed by atoms with Crippen molar-refractivity contribution in [1.29, 1.82) is 0 Å². The van der Waals surface area contributed by atoms with E-state index in [-0.39, 0.29) is 16.8 Å². The number of carbonyl (C=O) groups excluding carboxylic acids is 1. The maximum absolute atomic E-state index is 13.5. The number of amidine groups is 1. The molecular weight excluding hydrogens is 462 g/mol. The number of rotatable bonds is 6. The molecule has 0 saturated carbocycles. The molecule has 2 fully saturated rings. The smallest absolute Gasteiger partial charge is 0.260 e. The first kappa shape index (κ1) is 23.7. The van der Waals surface area contributed by atoms with E-state index in [1.54, 1.807) is 17.0 Å². The highest BCUT2D eigenvalue weighted by molar-refractivity contribution is 8.14. The van der Waals surface area contributed by atoms with Crippen LogP contribution in [0.5, 0.6) is 5.75 Å². The van der Waals surface area contributed by atoms with E-state index in [1.807, 2.05) is 38.1 Å². The molecule has 2 aromatic carbocycles. The minimum absolute atomic E-state index is 0.0833. The fraction of sp³-hybridized carbons (Fsp3) is 0.391. The first-order valence-corrected chi connectivity index (χ1v) is 13.3. The predicted molar refractivity (Wildman–Crippen MR) is 129 cm³/mol. The maximum atomic E-state index is 13.5. The molecule has 0 radical (unpaired) electrons. The first-order valence-electron chi connectivity index (χ1n) is 10.9. The molecule has 8 nitrogen and oxygen atoms in total. The number of thioether (sulfide) groups is 1. The molecule has 1 atom stereocenters. The average molecular weight is 490 g/mol. The largest absolute Gasteiger partial charge is 0.492 e. The number of ether oxygens (including phenoxy) is 2. The number of amides is 1. The van der Waals surface area contributed by atoms with Gasteiger partial charge < -0.3 is 9.47 Å². The molecule has 2 aromatic rings. The van der Waals surface area contributed by atoms with Crippen LogP contribution < -0.4 is 4.74 Å². The lowest BCUT2D eigenvalue weighted by atomic mass is 10.2. The second-order valence-electron chi connectivity index (χ2n) is 7.67. The average Bonchev–Trinajstić information content (AvgIpc) is 3.20. The molecule has 2 aliphatic heterocycles. The monoisotopic (exact) mass is 489 g/mol. The molecule has 176 valence electrons. The highest BCUT2D eigenvalue weighted by Crippen LogP contribution is 2.33. The minimum Gasteiger partial charge on any atom is -0.492 e. The molecule has 0 unspecified atom stereocenters. The summed E-state index contributed by atoms with van der Waals surface area (Å²) >= 11 is 1.49. The fourth-order valence-electron chi connectivity index (χ4n) is 3.70. The molecule has 33 heavy (non-hydrogen) atoms. The van der Waals surface area contributed by atoms with E-state index < -0.39 is 10.0 Å². The van der Waals surface area contributed by atoms with Crippen LogP contribution in [0.15, 0.2) is 58.4 Å². The quantitative estimate of drug-likeness (QED) is 0.618. The van der Waals surface area contributed by atoms with Crippen LogP contribution in [-0.2, 0) is 14.8 Å². The van der Waals surface area contributed by atoms with Crippen molar-refractivity contribution < 1.29 is 22.7 Å². The Kier molecular flexibility index (Phi) is 7.38. The van der Waals surface area contributed by atoms with Gasteiger partial charge in [-0.3, -0.25) is 9.69 Å². The Balaban J connectivity index is 1.64. The van der Waals surface area contributed by atoms with Crippen molar-refractivity contribution in [3.8, 4) is 5.75 Å². The highest BCUT2D eigenvalue weighted by atomic mass is 32.2. The van der Waals surface area contributed by atoms with E-state index in [0.717, 1.165) is 0 Å². The number of aliphatic imine (C=N–C) groups is 1. The Labute approximate surface area is 198 Å². The summed E-state index contributed by atoms with van der Waals surface area (Å²) in [6, 6.07) is 13.6. The van der Waals surface area contributed by atoms with Gasteiger partial charge in [-0.15, -0.1) is 0 Å². The number of nitrogens with zero attached hydrogens (tertiary/aromatic N) is 3. The molecule has 10 heteroatoms. The molecule has 0 spiro atoms. The Morgan fingerprint density at radius 3 is 2.70 bits per heavy atom. The van der Waals surface area contributed by atoms with E-state index in [1.165, 1.54) is 28.2 Å². The van der Waals surface area contributed by atoms with E-state index in [0.29, 0.717) is 60.8 Å². The summed E-state index contributed by atoms with van der Waals surface area (Å²) in [7, 11) is -3.70. The van der Waals surface area contributed by atoms with Crippen LogP contribution in [0.3, 0.4) is 0 Å². The summed E-state index contributed by atoms with van der Waals surface area (Å²) in [5, 5.41) is 0.570. The van der Waals surface area contributed by atoms with E-state index in [2.05, 4.69) is 0 Å². The van der Waals surface area contributed by atoms with Gasteiger partial charge in [0.25, 0.3) is 5.91 Å². The van der Waals surface area contributed by atoms with Crippen LogP contribution in [-0.4, -0.2) is 73.4 Å². The van der Waals surface area contributed by atoms with E-state index >= 15 is 0 Å². The van der Waals surface area contributed by atoms with Gasteiger partial charge in [-0.05, 0) is 44.2 Å². The van der Waals surface area contributed by atoms with Crippen LogP contribution in [0.1, 0.15) is 24.2 Å². The number of para-hydroxylation sites is 2. The van der Waals surface area contributed by atoms with Crippen molar-refractivity contribution >= 4 is 38.5 Å². The summed E-state index contributed by atoms with van der Waals surface area (Å²) in [5.74, 6) is 1.07. The Morgan fingerprint density at radius 2 is 1.94 bits per heavy atom. The second-order valence-corrected chi connectivity index (χ2v) is 10.6. The summed E-state index contributed by atoms with van der Waals surface area (Å²) < 4.78 is 38.4. The molecule has 2 heterocycles. The maximum Gasteiger partial charge on any atom is 0.260 e. The van der Waals surface area contributed by atoms with Crippen LogP contribution in [0, 0.1) is 0 Å². The Morgan fingerprint density at radius 1 is 1.18 bits per heavy atom. The van der Waals surface area contributed by atoms with Gasteiger partial charge in [0.2, 0.25) is 10.0 Å². The van der Waals surface area contributed by atoms with Gasteiger partial charge in [0.05, 0.1) is 24.7 Å². The zero-order valence-corrected chi connectivity index (χ0v) is 20.3. The van der Waals surface area contributed by atoms with Crippen LogP contribution in [0.4, 0.5) is 5.69 Å². The van der Waals surface area contributed by atoms with Gasteiger partial charge in [0.15, 0.2) is 5.17 Å². The van der Waals surface area contributed by atoms with Crippen LogP contribution in [0.2, 0.25) is 0 Å². The van der Waals surface area contributed by atoms with Crippen LogP contribution in [0.25, 0.3) is 0 Å². The normalized spacial score (nSPS) is 20.8. The summed E-state index contributed by atoms with van der Waals surface area (Å²) in [5.41, 5.74) is 0.960. The van der Waals surface area contributed by atoms with Crippen molar-refractivity contribution in [2.45, 2.75) is 24.8 Å². The number of benzene rings is 2. The number of morpholine rings is 1. The molecule has 2 aliphatic rings. The third-order valence-corrected chi connectivity index (χ3v) is 8.48. The zero-order valence-electron chi connectivity index (χ0n) is 18.6. The van der Waals surface area contributed by atoms with Gasteiger partial charge >= 0.3 is 0 Å². The SMILES string of the molecule is CCOc1ccccc1N=C1SC[C@@H](C)N1C(=O)c1cccc(S(=O)(=O)N2CCOCC2)c1. The van der Waals surface area contributed by atoms with Crippen LogP contribution >= 0.6 is 11.8 Å². The zero-order chi connectivity index (χ0) is 23.4. The number of sulfonamides is 1. The highest BCUT2D eigenvalue weighted by Gasteiger charge is 2.34. The van der Waals surface area contributed by atoms with Gasteiger partial charge in [0.1, 0.15) is 11.4 Å². The van der Waals surface area contributed by atoms with Crippen molar-refractivity contribution in [1.82, 2.24) is 9.21 Å². The lowest BCUT2D eigenvalue weighted by Gasteiger charge is -2.26. The van der Waals surface area contributed by atoms with Gasteiger partial charge in [0, 0.05) is 30.4 Å². The van der Waals surface area contributed by atoms with Gasteiger partial charge in [-0.1, -0.05) is 30.0 Å². The lowest BCUT2D eigenvalue weighted by Crippen LogP contribution is -2.41. The van der Waals surface area contributed by atoms with Gasteiger partial charge in [-0.2, -0.15) is 4.31 Å². The van der Waals surface area contributed by atoms with Crippen molar-refractivity contribution in [3.05, 3.63) is 54.1 Å². The Hall–Kier alpha value is -2.40. The van der Waals surface area contributed by atoms with Crippen molar-refractivity contribution in [2.75, 3.05) is 38.7 Å².